The monoisotopic (exact) mass is 399 g/mol. The molecule has 0 bridgehead atoms. The molecule has 0 saturated heterocycles. The van der Waals surface area contributed by atoms with Crippen LogP contribution >= 0.6 is 43.2 Å². The van der Waals surface area contributed by atoms with Gasteiger partial charge in [0, 0.05) is 21.9 Å². The summed E-state index contributed by atoms with van der Waals surface area (Å²) in [6.45, 7) is 1.05. The third-order valence-electron chi connectivity index (χ3n) is 3.60. The van der Waals surface area contributed by atoms with Crippen molar-refractivity contribution in [2.45, 2.75) is 25.3 Å². The molecule has 3 rings (SSSR count). The number of thiophene rings is 1. The van der Waals surface area contributed by atoms with Crippen molar-refractivity contribution in [3.63, 3.8) is 0 Å². The molecule has 19 heavy (non-hydrogen) atoms. The minimum atomic E-state index is 0.524. The van der Waals surface area contributed by atoms with E-state index in [0.29, 0.717) is 6.04 Å². The number of fused-ring (bicyclic) bond motifs is 1. The number of benzene rings is 1. The van der Waals surface area contributed by atoms with Crippen molar-refractivity contribution in [1.29, 1.82) is 0 Å². The maximum atomic E-state index is 3.69. The minimum Gasteiger partial charge on any atom is -0.310 e. The molecule has 4 heteroatoms. The highest BCUT2D eigenvalue weighted by Crippen LogP contribution is 2.35. The van der Waals surface area contributed by atoms with E-state index in [2.05, 4.69) is 67.5 Å². The molecule has 100 valence electrons. The zero-order chi connectivity index (χ0) is 13.2. The fourth-order valence-electron chi connectivity index (χ4n) is 2.68. The highest BCUT2D eigenvalue weighted by Gasteiger charge is 2.23. The predicted octanol–water partition coefficient (Wildman–Crippen LogP) is 5.09. The molecule has 1 aromatic carbocycles. The molecule has 1 atom stereocenters. The summed E-state index contributed by atoms with van der Waals surface area (Å²) in [4.78, 5) is 1.44. The molecule has 0 fully saturated rings. The first-order valence-corrected chi connectivity index (χ1v) is 8.89. The van der Waals surface area contributed by atoms with E-state index in [1.54, 1.807) is 0 Å². The first kappa shape index (κ1) is 13.8. The number of nitrogens with one attached hydrogen (secondary N) is 1. The van der Waals surface area contributed by atoms with E-state index in [4.69, 9.17) is 0 Å². The van der Waals surface area contributed by atoms with Crippen molar-refractivity contribution >= 4 is 43.2 Å². The SMILES string of the molecule is Brc1ccc(CCNC2CCc3c(Br)cccc32)s1. The van der Waals surface area contributed by atoms with Crippen molar-refractivity contribution in [2.24, 2.45) is 0 Å². The molecular formula is C15H15Br2NS. The largest absolute Gasteiger partial charge is 0.310 e. The lowest BCUT2D eigenvalue weighted by Crippen LogP contribution is -2.21. The Balaban J connectivity index is 1.59. The highest BCUT2D eigenvalue weighted by molar-refractivity contribution is 9.11. The molecule has 1 unspecified atom stereocenters. The second kappa shape index (κ2) is 6.08. The van der Waals surface area contributed by atoms with Crippen molar-refractivity contribution in [2.75, 3.05) is 6.54 Å². The smallest absolute Gasteiger partial charge is 0.0701 e. The van der Waals surface area contributed by atoms with Crippen LogP contribution in [0.1, 0.15) is 28.5 Å². The Hall–Kier alpha value is -0.160. The van der Waals surface area contributed by atoms with Gasteiger partial charge in [-0.15, -0.1) is 11.3 Å². The van der Waals surface area contributed by atoms with Crippen LogP contribution in [0.2, 0.25) is 0 Å². The van der Waals surface area contributed by atoms with Crippen LogP contribution in [0.4, 0.5) is 0 Å². The Morgan fingerprint density at radius 3 is 2.89 bits per heavy atom. The third-order valence-corrected chi connectivity index (χ3v) is 6.03. The van der Waals surface area contributed by atoms with Crippen molar-refractivity contribution in [3.8, 4) is 0 Å². The van der Waals surface area contributed by atoms with E-state index in [0.717, 1.165) is 13.0 Å². The molecule has 0 saturated carbocycles. The molecule has 0 spiro atoms. The molecule has 1 aliphatic rings. The predicted molar refractivity (Wildman–Crippen MR) is 88.9 cm³/mol. The topological polar surface area (TPSA) is 12.0 Å². The van der Waals surface area contributed by atoms with Crippen molar-refractivity contribution in [3.05, 3.63) is 54.6 Å². The Bertz CT molecular complexity index is 579. The fraction of sp³-hybridized carbons (Fsp3) is 0.333. The first-order chi connectivity index (χ1) is 9.24. The van der Waals surface area contributed by atoms with Crippen LogP contribution < -0.4 is 5.32 Å². The lowest BCUT2D eigenvalue weighted by atomic mass is 10.1. The summed E-state index contributed by atoms with van der Waals surface area (Å²) in [6.07, 6.45) is 3.50. The molecule has 2 aromatic rings. The Labute approximate surface area is 134 Å². The summed E-state index contributed by atoms with van der Waals surface area (Å²) in [7, 11) is 0. The zero-order valence-corrected chi connectivity index (χ0v) is 14.4. The quantitative estimate of drug-likeness (QED) is 0.753. The van der Waals surface area contributed by atoms with E-state index in [-0.39, 0.29) is 0 Å². The van der Waals surface area contributed by atoms with Crippen LogP contribution in [0.15, 0.2) is 38.6 Å². The second-order valence-electron chi connectivity index (χ2n) is 4.81. The van der Waals surface area contributed by atoms with Gasteiger partial charge in [-0.3, -0.25) is 0 Å². The number of halogens is 2. The summed E-state index contributed by atoms with van der Waals surface area (Å²) in [5.41, 5.74) is 2.96. The maximum absolute atomic E-state index is 3.69. The standard InChI is InChI=1S/C15H15Br2NS/c16-13-3-1-2-12-11(13)5-6-14(12)18-9-8-10-4-7-15(17)19-10/h1-4,7,14,18H,5-6,8-9H2. The van der Waals surface area contributed by atoms with Gasteiger partial charge < -0.3 is 5.32 Å². The second-order valence-corrected chi connectivity index (χ2v) is 8.21. The minimum absolute atomic E-state index is 0.524. The number of hydrogen-bond donors (Lipinski definition) is 1. The van der Waals surface area contributed by atoms with Gasteiger partial charge in [-0.2, -0.15) is 0 Å². The van der Waals surface area contributed by atoms with Crippen LogP contribution in [0.3, 0.4) is 0 Å². The average Bonchev–Trinajstić information content (AvgIpc) is 2.98. The number of rotatable bonds is 4. The summed E-state index contributed by atoms with van der Waals surface area (Å²) < 4.78 is 2.48. The van der Waals surface area contributed by atoms with Gasteiger partial charge in [0.05, 0.1) is 3.79 Å². The van der Waals surface area contributed by atoms with Gasteiger partial charge in [-0.25, -0.2) is 0 Å². The molecule has 1 aliphatic carbocycles. The van der Waals surface area contributed by atoms with Gasteiger partial charge in [0.25, 0.3) is 0 Å². The third kappa shape index (κ3) is 3.13. The van der Waals surface area contributed by atoms with Crippen LogP contribution in [0.25, 0.3) is 0 Å². The van der Waals surface area contributed by atoms with Gasteiger partial charge in [0.1, 0.15) is 0 Å². The van der Waals surface area contributed by atoms with Crippen molar-refractivity contribution in [1.82, 2.24) is 5.32 Å². The molecule has 1 N–H and O–H groups in total. The molecule has 1 aromatic heterocycles. The lowest BCUT2D eigenvalue weighted by molar-refractivity contribution is 0.535. The Morgan fingerprint density at radius 2 is 2.11 bits per heavy atom. The van der Waals surface area contributed by atoms with Gasteiger partial charge in [-0.05, 0) is 64.5 Å². The van der Waals surface area contributed by atoms with Crippen LogP contribution in [-0.2, 0) is 12.8 Å². The van der Waals surface area contributed by atoms with Crippen molar-refractivity contribution < 1.29 is 0 Å². The van der Waals surface area contributed by atoms with E-state index >= 15 is 0 Å². The molecule has 1 nitrogen and oxygen atoms in total. The first-order valence-electron chi connectivity index (χ1n) is 6.49. The summed E-state index contributed by atoms with van der Waals surface area (Å²) in [5, 5.41) is 3.69. The molecule has 0 aliphatic heterocycles. The van der Waals surface area contributed by atoms with Crippen LogP contribution in [0, 0.1) is 0 Å². The van der Waals surface area contributed by atoms with E-state index in [1.165, 1.54) is 37.1 Å². The van der Waals surface area contributed by atoms with E-state index in [1.807, 2.05) is 11.3 Å². The van der Waals surface area contributed by atoms with E-state index < -0.39 is 0 Å². The summed E-state index contributed by atoms with van der Waals surface area (Å²) >= 11 is 8.99. The van der Waals surface area contributed by atoms with Gasteiger partial charge >= 0.3 is 0 Å². The summed E-state index contributed by atoms with van der Waals surface area (Å²) in [6, 6.07) is 11.4. The maximum Gasteiger partial charge on any atom is 0.0701 e. The van der Waals surface area contributed by atoms with Gasteiger partial charge in [0.2, 0.25) is 0 Å². The van der Waals surface area contributed by atoms with E-state index in [9.17, 15) is 0 Å². The average molecular weight is 401 g/mol. The lowest BCUT2D eigenvalue weighted by Gasteiger charge is -2.13. The molecule has 0 radical (unpaired) electrons. The normalized spacial score (nSPS) is 17.7. The van der Waals surface area contributed by atoms with Crippen LogP contribution in [0.5, 0.6) is 0 Å². The summed E-state index contributed by atoms with van der Waals surface area (Å²) in [5.74, 6) is 0. The molecule has 1 heterocycles. The Kier molecular flexibility index (Phi) is 4.42. The van der Waals surface area contributed by atoms with Gasteiger partial charge in [0.15, 0.2) is 0 Å². The zero-order valence-electron chi connectivity index (χ0n) is 10.5. The highest BCUT2D eigenvalue weighted by atomic mass is 79.9. The molecule has 0 amide bonds. The van der Waals surface area contributed by atoms with Crippen LogP contribution in [-0.4, -0.2) is 6.54 Å². The fourth-order valence-corrected chi connectivity index (χ4v) is 4.74. The molecular weight excluding hydrogens is 386 g/mol. The van der Waals surface area contributed by atoms with Gasteiger partial charge in [-0.1, -0.05) is 28.1 Å². The number of hydrogen-bond acceptors (Lipinski definition) is 2. The Morgan fingerprint density at radius 1 is 1.21 bits per heavy atom.